The van der Waals surface area contributed by atoms with Crippen LogP contribution in [0, 0.1) is 11.8 Å². The first-order valence-electron chi connectivity index (χ1n) is 3.45. The molecule has 0 fully saturated rings. The van der Waals surface area contributed by atoms with Gasteiger partial charge < -0.3 is 0 Å². The van der Waals surface area contributed by atoms with E-state index in [4.69, 9.17) is 0 Å². The molecule has 0 bridgehead atoms. The highest BCUT2D eigenvalue weighted by atomic mass is 14.1. The summed E-state index contributed by atoms with van der Waals surface area (Å²) in [6.45, 7) is 4.60. The molecule has 0 N–H and O–H groups in total. The van der Waals surface area contributed by atoms with Crippen LogP contribution in [0.25, 0.3) is 0 Å². The Bertz CT molecular complexity index is 92.2. The highest BCUT2D eigenvalue weighted by molar-refractivity contribution is 4.92. The van der Waals surface area contributed by atoms with Crippen molar-refractivity contribution in [2.75, 3.05) is 0 Å². The molecule has 0 spiro atoms. The fourth-order valence-corrected chi connectivity index (χ4v) is 1.35. The predicted octanol–water partition coefficient (Wildman–Crippen LogP) is 2.61. The van der Waals surface area contributed by atoms with Gasteiger partial charge in [-0.2, -0.15) is 0 Å². The van der Waals surface area contributed by atoms with Crippen LogP contribution in [0.15, 0.2) is 12.2 Å². The van der Waals surface area contributed by atoms with E-state index in [0.717, 1.165) is 11.8 Å². The maximum absolute atomic E-state index is 2.32. The Labute approximate surface area is 51.6 Å². The molecule has 0 heterocycles. The van der Waals surface area contributed by atoms with Crippen molar-refractivity contribution in [2.24, 2.45) is 11.8 Å². The van der Waals surface area contributed by atoms with E-state index >= 15 is 0 Å². The first kappa shape index (κ1) is 5.87. The van der Waals surface area contributed by atoms with Gasteiger partial charge in [0.2, 0.25) is 0 Å². The van der Waals surface area contributed by atoms with Gasteiger partial charge >= 0.3 is 0 Å². The zero-order valence-electron chi connectivity index (χ0n) is 5.72. The normalized spacial score (nSPS) is 37.8. The second kappa shape index (κ2) is 2.34. The first-order valence-corrected chi connectivity index (χ1v) is 3.45. The molecule has 0 saturated heterocycles. The van der Waals surface area contributed by atoms with Crippen LogP contribution in [0.5, 0.6) is 0 Å². The highest BCUT2D eigenvalue weighted by Crippen LogP contribution is 2.21. The third kappa shape index (κ3) is 1.36. The molecule has 1 unspecified atom stereocenters. The molecule has 0 heteroatoms. The van der Waals surface area contributed by atoms with Crippen LogP contribution in [-0.2, 0) is 0 Å². The second-order valence-electron chi connectivity index (χ2n) is 2.98. The summed E-state index contributed by atoms with van der Waals surface area (Å²) >= 11 is 0. The van der Waals surface area contributed by atoms with Crippen LogP contribution in [0.1, 0.15) is 26.7 Å². The maximum atomic E-state index is 2.32. The minimum absolute atomic E-state index is 0.832. The van der Waals surface area contributed by atoms with Gasteiger partial charge in [-0.1, -0.05) is 26.0 Å². The van der Waals surface area contributed by atoms with E-state index in [0.29, 0.717) is 0 Å². The van der Waals surface area contributed by atoms with Gasteiger partial charge in [0.05, 0.1) is 0 Å². The lowest BCUT2D eigenvalue weighted by atomic mass is 9.89. The van der Waals surface area contributed by atoms with Crippen molar-refractivity contribution in [3.05, 3.63) is 12.2 Å². The molecule has 0 radical (unpaired) electrons. The number of allylic oxidation sites excluding steroid dienone is 2. The number of hydrogen-bond donors (Lipinski definition) is 0. The Morgan fingerprint density at radius 1 is 1.38 bits per heavy atom. The van der Waals surface area contributed by atoms with Crippen LogP contribution in [0.3, 0.4) is 0 Å². The zero-order chi connectivity index (χ0) is 5.98. The molecule has 0 aromatic rings. The van der Waals surface area contributed by atoms with Gasteiger partial charge in [-0.15, -0.1) is 0 Å². The largest absolute Gasteiger partial charge is 0.0880 e. The predicted molar refractivity (Wildman–Crippen MR) is 36.7 cm³/mol. The molecule has 0 aliphatic heterocycles. The van der Waals surface area contributed by atoms with Gasteiger partial charge in [-0.25, -0.2) is 0 Å². The Kier molecular flexibility index (Phi) is 1.72. The van der Waals surface area contributed by atoms with Gasteiger partial charge in [-0.3, -0.25) is 0 Å². The average Bonchev–Trinajstić information content (AvgIpc) is 1.64. The zero-order valence-corrected chi connectivity index (χ0v) is 5.72. The van der Waals surface area contributed by atoms with Crippen molar-refractivity contribution in [1.29, 1.82) is 0 Å². The lowest BCUT2D eigenvalue weighted by molar-refractivity contribution is 0.449. The van der Waals surface area contributed by atoms with Crippen molar-refractivity contribution in [3.8, 4) is 0 Å². The summed E-state index contributed by atoms with van der Waals surface area (Å²) in [6.07, 6.45) is 7.31. The molecule has 0 saturated carbocycles. The Balaban J connectivity index is 2.42. The van der Waals surface area contributed by atoms with Crippen molar-refractivity contribution in [2.45, 2.75) is 26.7 Å². The summed E-state index contributed by atoms with van der Waals surface area (Å²) < 4.78 is 0. The molecule has 1 aliphatic rings. The van der Waals surface area contributed by atoms with Crippen molar-refractivity contribution in [3.63, 3.8) is 0 Å². The van der Waals surface area contributed by atoms with E-state index in [2.05, 4.69) is 26.0 Å². The highest BCUT2D eigenvalue weighted by Gasteiger charge is 2.08. The summed E-state index contributed by atoms with van der Waals surface area (Å²) in [4.78, 5) is 0. The first-order chi connectivity index (χ1) is 3.79. The fourth-order valence-electron chi connectivity index (χ4n) is 1.35. The summed E-state index contributed by atoms with van der Waals surface area (Å²) in [5.41, 5.74) is 0. The summed E-state index contributed by atoms with van der Waals surface area (Å²) in [5, 5.41) is 0. The molecule has 1 rings (SSSR count). The Morgan fingerprint density at radius 3 is 2.50 bits per heavy atom. The van der Waals surface area contributed by atoms with Crippen molar-refractivity contribution in [1.82, 2.24) is 0 Å². The quantitative estimate of drug-likeness (QED) is 0.420. The van der Waals surface area contributed by atoms with Gasteiger partial charge in [-0.05, 0) is 24.7 Å². The van der Waals surface area contributed by atoms with Gasteiger partial charge in [0.15, 0.2) is 0 Å². The molecule has 1 aliphatic carbocycles. The third-order valence-electron chi connectivity index (χ3n) is 1.78. The fraction of sp³-hybridized carbons (Fsp3) is 0.750. The number of rotatable bonds is 0. The molecular formula is C8H14. The molecule has 0 aromatic carbocycles. The minimum atomic E-state index is 0.832. The van der Waals surface area contributed by atoms with E-state index < -0.39 is 0 Å². The maximum Gasteiger partial charge on any atom is -0.0259 e. The van der Waals surface area contributed by atoms with E-state index in [9.17, 15) is 0 Å². The van der Waals surface area contributed by atoms with Crippen LogP contribution < -0.4 is 0 Å². The summed E-state index contributed by atoms with van der Waals surface area (Å²) in [6, 6.07) is 0. The van der Waals surface area contributed by atoms with Crippen LogP contribution in [0.4, 0.5) is 0 Å². The topological polar surface area (TPSA) is 0 Å². The van der Waals surface area contributed by atoms with E-state index in [-0.39, 0.29) is 0 Å². The molecule has 0 amide bonds. The minimum Gasteiger partial charge on any atom is -0.0880 e. The van der Waals surface area contributed by atoms with Crippen molar-refractivity contribution >= 4 is 0 Å². The molecule has 0 aromatic heterocycles. The van der Waals surface area contributed by atoms with Gasteiger partial charge in [0.25, 0.3) is 0 Å². The van der Waals surface area contributed by atoms with E-state index in [1.165, 1.54) is 12.8 Å². The van der Waals surface area contributed by atoms with Gasteiger partial charge in [0.1, 0.15) is 0 Å². The van der Waals surface area contributed by atoms with E-state index in [1.807, 2.05) is 0 Å². The molecule has 2 atom stereocenters. The van der Waals surface area contributed by atoms with Gasteiger partial charge in [0, 0.05) is 0 Å². The van der Waals surface area contributed by atoms with Crippen LogP contribution >= 0.6 is 0 Å². The second-order valence-corrected chi connectivity index (χ2v) is 2.98. The van der Waals surface area contributed by atoms with Crippen LogP contribution in [-0.4, -0.2) is 0 Å². The smallest absolute Gasteiger partial charge is 0.0259 e. The SMILES string of the molecule is CC1CC=C[C@H](C)C1. The monoisotopic (exact) mass is 110 g/mol. The van der Waals surface area contributed by atoms with Crippen LogP contribution in [0.2, 0.25) is 0 Å². The lowest BCUT2D eigenvalue weighted by Crippen LogP contribution is -2.04. The molecular weight excluding hydrogens is 96.1 g/mol. The summed E-state index contributed by atoms with van der Waals surface area (Å²) in [7, 11) is 0. The molecule has 8 heavy (non-hydrogen) atoms. The lowest BCUT2D eigenvalue weighted by Gasteiger charge is -2.16. The van der Waals surface area contributed by atoms with E-state index in [1.54, 1.807) is 0 Å². The Hall–Kier alpha value is -0.260. The average molecular weight is 110 g/mol. The molecule has 46 valence electrons. The Morgan fingerprint density at radius 2 is 2.12 bits per heavy atom. The van der Waals surface area contributed by atoms with Crippen molar-refractivity contribution < 1.29 is 0 Å². The summed E-state index contributed by atoms with van der Waals surface area (Å²) in [5.74, 6) is 1.76. The number of hydrogen-bond acceptors (Lipinski definition) is 0. The third-order valence-corrected chi connectivity index (χ3v) is 1.78. The standard InChI is InChI=1S/C8H14/c1-7-4-3-5-8(2)6-7/h3-4,7-8H,5-6H2,1-2H3/t7-,8?/m0/s1. The molecule has 0 nitrogen and oxygen atoms in total.